The van der Waals surface area contributed by atoms with Crippen molar-refractivity contribution >= 4 is 0 Å². The van der Waals surface area contributed by atoms with Crippen LogP contribution in [-0.2, 0) is 6.61 Å². The molecule has 0 amide bonds. The number of rotatable bonds is 7. The number of hydrogen-bond donors (Lipinski definition) is 1. The summed E-state index contributed by atoms with van der Waals surface area (Å²) in [4.78, 5) is 0. The van der Waals surface area contributed by atoms with Crippen LogP contribution >= 0.6 is 0 Å². The maximum absolute atomic E-state index is 9.30. The van der Waals surface area contributed by atoms with Gasteiger partial charge < -0.3 is 9.67 Å². The standard InChI is InChI=1S/C13H25N3O/c1-5-7-11(8-6-2)13-15-14-12(9-17)16(13)10(3)4/h10-11,17H,5-9H2,1-4H3. The van der Waals surface area contributed by atoms with E-state index < -0.39 is 0 Å². The highest BCUT2D eigenvalue weighted by Gasteiger charge is 2.21. The normalized spacial score (nSPS) is 11.7. The number of aliphatic hydroxyl groups is 1. The highest BCUT2D eigenvalue weighted by Crippen LogP contribution is 2.27. The van der Waals surface area contributed by atoms with Gasteiger partial charge in [0.2, 0.25) is 0 Å². The average Bonchev–Trinajstić information content (AvgIpc) is 2.72. The lowest BCUT2D eigenvalue weighted by molar-refractivity contribution is 0.260. The fourth-order valence-electron chi connectivity index (χ4n) is 2.39. The van der Waals surface area contributed by atoms with Crippen LogP contribution < -0.4 is 0 Å². The summed E-state index contributed by atoms with van der Waals surface area (Å²) in [5.74, 6) is 2.21. The molecule has 0 saturated carbocycles. The van der Waals surface area contributed by atoms with E-state index in [1.807, 2.05) is 0 Å². The first kappa shape index (κ1) is 14.2. The maximum Gasteiger partial charge on any atom is 0.159 e. The molecule has 1 rings (SSSR count). The molecule has 98 valence electrons. The number of hydrogen-bond acceptors (Lipinski definition) is 3. The predicted molar refractivity (Wildman–Crippen MR) is 68.9 cm³/mol. The molecule has 0 aliphatic heterocycles. The summed E-state index contributed by atoms with van der Waals surface area (Å²) < 4.78 is 2.09. The first-order valence-corrected chi connectivity index (χ1v) is 6.70. The highest BCUT2D eigenvalue weighted by atomic mass is 16.3. The largest absolute Gasteiger partial charge is 0.388 e. The number of nitrogens with zero attached hydrogens (tertiary/aromatic N) is 3. The lowest BCUT2D eigenvalue weighted by atomic mass is 9.97. The Labute approximate surface area is 104 Å². The van der Waals surface area contributed by atoms with Gasteiger partial charge in [-0.25, -0.2) is 0 Å². The molecule has 4 heteroatoms. The molecule has 0 radical (unpaired) electrons. The molecular formula is C13H25N3O. The van der Waals surface area contributed by atoms with Crippen molar-refractivity contribution in [1.29, 1.82) is 0 Å². The molecule has 0 aliphatic rings. The zero-order chi connectivity index (χ0) is 12.8. The summed E-state index contributed by atoms with van der Waals surface area (Å²) >= 11 is 0. The molecule has 1 N–H and O–H groups in total. The van der Waals surface area contributed by atoms with Gasteiger partial charge in [0, 0.05) is 12.0 Å². The van der Waals surface area contributed by atoms with Gasteiger partial charge in [-0.15, -0.1) is 10.2 Å². The van der Waals surface area contributed by atoms with Crippen LogP contribution in [0.4, 0.5) is 0 Å². The van der Waals surface area contributed by atoms with E-state index in [1.165, 1.54) is 0 Å². The average molecular weight is 239 g/mol. The Balaban J connectivity index is 3.04. The Kier molecular flexibility index (Phi) is 5.62. The lowest BCUT2D eigenvalue weighted by Crippen LogP contribution is -2.14. The second-order valence-electron chi connectivity index (χ2n) is 4.87. The summed E-state index contributed by atoms with van der Waals surface area (Å²) in [6, 6.07) is 0.304. The van der Waals surface area contributed by atoms with Crippen molar-refractivity contribution in [3.05, 3.63) is 11.6 Å². The molecule has 0 aliphatic carbocycles. The van der Waals surface area contributed by atoms with Gasteiger partial charge in [-0.1, -0.05) is 26.7 Å². The van der Waals surface area contributed by atoms with Crippen LogP contribution in [0.2, 0.25) is 0 Å². The monoisotopic (exact) mass is 239 g/mol. The Hall–Kier alpha value is -0.900. The lowest BCUT2D eigenvalue weighted by Gasteiger charge is -2.19. The molecule has 0 aromatic carbocycles. The van der Waals surface area contributed by atoms with E-state index >= 15 is 0 Å². The number of aromatic nitrogens is 3. The first-order chi connectivity index (χ1) is 8.15. The second kappa shape index (κ2) is 6.74. The summed E-state index contributed by atoms with van der Waals surface area (Å²) in [5.41, 5.74) is 0. The van der Waals surface area contributed by atoms with Gasteiger partial charge in [-0.3, -0.25) is 0 Å². The second-order valence-corrected chi connectivity index (χ2v) is 4.87. The molecule has 0 bridgehead atoms. The molecule has 1 aromatic rings. The van der Waals surface area contributed by atoms with Gasteiger partial charge in [0.25, 0.3) is 0 Å². The SMILES string of the molecule is CCCC(CCC)c1nnc(CO)n1C(C)C. The molecule has 0 atom stereocenters. The first-order valence-electron chi connectivity index (χ1n) is 6.70. The van der Waals surface area contributed by atoms with Crippen molar-refractivity contribution in [2.45, 2.75) is 71.9 Å². The van der Waals surface area contributed by atoms with Gasteiger partial charge in [-0.2, -0.15) is 0 Å². The Bertz CT molecular complexity index is 327. The molecule has 0 fully saturated rings. The molecule has 0 spiro atoms. The highest BCUT2D eigenvalue weighted by molar-refractivity contribution is 5.03. The van der Waals surface area contributed by atoms with Crippen molar-refractivity contribution < 1.29 is 5.11 Å². The van der Waals surface area contributed by atoms with Crippen LogP contribution in [0.3, 0.4) is 0 Å². The van der Waals surface area contributed by atoms with Crippen molar-refractivity contribution in [3.63, 3.8) is 0 Å². The van der Waals surface area contributed by atoms with Crippen LogP contribution in [0.1, 0.15) is 77.0 Å². The topological polar surface area (TPSA) is 50.9 Å². The predicted octanol–water partition coefficient (Wildman–Crippen LogP) is 3.04. The van der Waals surface area contributed by atoms with E-state index in [4.69, 9.17) is 0 Å². The van der Waals surface area contributed by atoms with Crippen LogP contribution in [0.25, 0.3) is 0 Å². The third-order valence-electron chi connectivity index (χ3n) is 3.09. The summed E-state index contributed by atoms with van der Waals surface area (Å²) in [7, 11) is 0. The van der Waals surface area contributed by atoms with Gasteiger partial charge in [-0.05, 0) is 26.7 Å². The van der Waals surface area contributed by atoms with Gasteiger partial charge in [0.05, 0.1) is 0 Å². The van der Waals surface area contributed by atoms with Crippen molar-refractivity contribution in [1.82, 2.24) is 14.8 Å². The van der Waals surface area contributed by atoms with Crippen LogP contribution in [0, 0.1) is 0 Å². The number of aliphatic hydroxyl groups excluding tert-OH is 1. The van der Waals surface area contributed by atoms with Crippen molar-refractivity contribution in [3.8, 4) is 0 Å². The van der Waals surface area contributed by atoms with Gasteiger partial charge in [0.15, 0.2) is 5.82 Å². The fourth-order valence-corrected chi connectivity index (χ4v) is 2.39. The third kappa shape index (κ3) is 3.28. The minimum atomic E-state index is -0.0316. The minimum Gasteiger partial charge on any atom is -0.388 e. The van der Waals surface area contributed by atoms with E-state index in [0.29, 0.717) is 17.8 Å². The molecule has 1 heterocycles. The Morgan fingerprint density at radius 3 is 2.12 bits per heavy atom. The molecular weight excluding hydrogens is 214 g/mol. The molecule has 17 heavy (non-hydrogen) atoms. The molecule has 0 unspecified atom stereocenters. The van der Waals surface area contributed by atoms with E-state index in [9.17, 15) is 5.11 Å². The Morgan fingerprint density at radius 1 is 1.12 bits per heavy atom. The van der Waals surface area contributed by atoms with Crippen LogP contribution in [0.15, 0.2) is 0 Å². The smallest absolute Gasteiger partial charge is 0.159 e. The van der Waals surface area contributed by atoms with E-state index in [0.717, 1.165) is 31.5 Å². The summed E-state index contributed by atoms with van der Waals surface area (Å²) in [6.45, 7) is 8.59. The van der Waals surface area contributed by atoms with Crippen LogP contribution in [-0.4, -0.2) is 19.9 Å². The fraction of sp³-hybridized carbons (Fsp3) is 0.846. The maximum atomic E-state index is 9.30. The van der Waals surface area contributed by atoms with Crippen LogP contribution in [0.5, 0.6) is 0 Å². The summed E-state index contributed by atoms with van der Waals surface area (Å²) in [5, 5.41) is 17.7. The third-order valence-corrected chi connectivity index (χ3v) is 3.09. The quantitative estimate of drug-likeness (QED) is 0.795. The molecule has 0 saturated heterocycles. The van der Waals surface area contributed by atoms with Crippen molar-refractivity contribution in [2.24, 2.45) is 0 Å². The van der Waals surface area contributed by atoms with Gasteiger partial charge in [0.1, 0.15) is 12.4 Å². The van der Waals surface area contributed by atoms with E-state index in [2.05, 4.69) is 42.5 Å². The van der Waals surface area contributed by atoms with Crippen molar-refractivity contribution in [2.75, 3.05) is 0 Å². The Morgan fingerprint density at radius 2 is 1.71 bits per heavy atom. The zero-order valence-corrected chi connectivity index (χ0v) is 11.5. The van der Waals surface area contributed by atoms with E-state index in [1.54, 1.807) is 0 Å². The molecule has 4 nitrogen and oxygen atoms in total. The van der Waals surface area contributed by atoms with Gasteiger partial charge >= 0.3 is 0 Å². The van der Waals surface area contributed by atoms with E-state index in [-0.39, 0.29) is 6.61 Å². The minimum absolute atomic E-state index is 0.0316. The zero-order valence-electron chi connectivity index (χ0n) is 11.5. The molecule has 1 aromatic heterocycles. The summed E-state index contributed by atoms with van der Waals surface area (Å²) in [6.07, 6.45) is 4.60.